The van der Waals surface area contributed by atoms with Crippen molar-refractivity contribution in [3.8, 4) is 0 Å². The number of fused-ring (bicyclic) bond motifs is 1. The fourth-order valence-electron chi connectivity index (χ4n) is 2.06. The lowest BCUT2D eigenvalue weighted by atomic mass is 10.1. The third-order valence-electron chi connectivity index (χ3n) is 3.11. The first-order chi connectivity index (χ1) is 10.6. The van der Waals surface area contributed by atoms with E-state index in [0.717, 1.165) is 25.8 Å². The molecular formula is C16H13FN2OS2. The van der Waals surface area contributed by atoms with Crippen LogP contribution in [0.1, 0.15) is 5.56 Å². The summed E-state index contributed by atoms with van der Waals surface area (Å²) in [5, 5.41) is 2.86. The van der Waals surface area contributed by atoms with Gasteiger partial charge in [0.2, 0.25) is 5.91 Å². The lowest BCUT2D eigenvalue weighted by Crippen LogP contribution is -2.14. The second-order valence-corrected chi connectivity index (χ2v) is 6.80. The first kappa shape index (κ1) is 15.0. The number of amides is 1. The molecule has 1 N–H and O–H groups in total. The summed E-state index contributed by atoms with van der Waals surface area (Å²) in [4.78, 5) is 16.5. The quantitative estimate of drug-likeness (QED) is 0.723. The number of carbonyl (C=O) groups excluding carboxylic acids is 1. The number of benzene rings is 2. The molecule has 0 spiro atoms. The summed E-state index contributed by atoms with van der Waals surface area (Å²) in [5.74, 6) is -0.426. The van der Waals surface area contributed by atoms with Gasteiger partial charge in [0.05, 0.1) is 16.6 Å². The topological polar surface area (TPSA) is 42.0 Å². The summed E-state index contributed by atoms with van der Waals surface area (Å²) in [6.45, 7) is 0. The molecule has 0 saturated carbocycles. The maximum Gasteiger partial charge on any atom is 0.228 e. The smallest absolute Gasteiger partial charge is 0.228 e. The largest absolute Gasteiger partial charge is 0.326 e. The minimum Gasteiger partial charge on any atom is -0.326 e. The third kappa shape index (κ3) is 3.45. The van der Waals surface area contributed by atoms with E-state index in [1.54, 1.807) is 35.2 Å². The molecule has 0 saturated heterocycles. The Morgan fingerprint density at radius 3 is 2.77 bits per heavy atom. The van der Waals surface area contributed by atoms with Gasteiger partial charge in [0, 0.05) is 5.69 Å². The van der Waals surface area contributed by atoms with Gasteiger partial charge in [-0.05, 0) is 42.2 Å². The van der Waals surface area contributed by atoms with Crippen molar-refractivity contribution in [2.75, 3.05) is 11.6 Å². The summed E-state index contributed by atoms with van der Waals surface area (Å²) >= 11 is 3.21. The number of carbonyl (C=O) groups is 1. The predicted molar refractivity (Wildman–Crippen MR) is 90.1 cm³/mol. The number of thiazole rings is 1. The van der Waals surface area contributed by atoms with Crippen LogP contribution < -0.4 is 5.32 Å². The molecule has 0 atom stereocenters. The van der Waals surface area contributed by atoms with Crippen LogP contribution in [0.15, 0.2) is 46.8 Å². The fourth-order valence-corrected chi connectivity index (χ4v) is 3.59. The highest BCUT2D eigenvalue weighted by atomic mass is 32.2. The summed E-state index contributed by atoms with van der Waals surface area (Å²) < 4.78 is 14.9. The van der Waals surface area contributed by atoms with Crippen LogP contribution in [0, 0.1) is 5.82 Å². The van der Waals surface area contributed by atoms with Crippen LogP contribution >= 0.6 is 23.1 Å². The van der Waals surface area contributed by atoms with Crippen molar-refractivity contribution in [2.24, 2.45) is 0 Å². The summed E-state index contributed by atoms with van der Waals surface area (Å²) in [6.07, 6.45) is 2.21. The molecule has 6 heteroatoms. The number of hydrogen-bond donors (Lipinski definition) is 1. The van der Waals surface area contributed by atoms with E-state index in [1.165, 1.54) is 12.1 Å². The number of halogens is 1. The van der Waals surface area contributed by atoms with Crippen molar-refractivity contribution in [3.63, 3.8) is 0 Å². The van der Waals surface area contributed by atoms with E-state index in [9.17, 15) is 9.18 Å². The van der Waals surface area contributed by atoms with Gasteiger partial charge in [0.1, 0.15) is 5.82 Å². The minimum absolute atomic E-state index is 0.124. The average molecular weight is 332 g/mol. The lowest BCUT2D eigenvalue weighted by molar-refractivity contribution is -0.115. The van der Waals surface area contributed by atoms with E-state index in [4.69, 9.17) is 0 Å². The molecule has 0 aliphatic heterocycles. The molecule has 0 aliphatic carbocycles. The monoisotopic (exact) mass is 332 g/mol. The third-order valence-corrected chi connectivity index (χ3v) is 5.11. The molecule has 0 radical (unpaired) electrons. The maximum atomic E-state index is 12.8. The number of anilines is 1. The minimum atomic E-state index is -0.301. The maximum absolute atomic E-state index is 12.8. The molecule has 1 aromatic heterocycles. The van der Waals surface area contributed by atoms with Crippen molar-refractivity contribution in [1.82, 2.24) is 4.98 Å². The van der Waals surface area contributed by atoms with Crippen LogP contribution in [0.4, 0.5) is 10.1 Å². The molecule has 2 aromatic carbocycles. The van der Waals surface area contributed by atoms with Crippen LogP contribution in [0.5, 0.6) is 0 Å². The highest BCUT2D eigenvalue weighted by Gasteiger charge is 2.07. The molecule has 0 fully saturated rings. The summed E-state index contributed by atoms with van der Waals surface area (Å²) in [6, 6.07) is 11.6. The zero-order valence-electron chi connectivity index (χ0n) is 11.8. The van der Waals surface area contributed by atoms with Crippen LogP contribution in [0.25, 0.3) is 10.2 Å². The first-order valence-corrected chi connectivity index (χ1v) is 8.67. The van der Waals surface area contributed by atoms with E-state index in [-0.39, 0.29) is 18.1 Å². The molecule has 112 valence electrons. The van der Waals surface area contributed by atoms with Crippen molar-refractivity contribution >= 4 is 44.9 Å². The van der Waals surface area contributed by atoms with Gasteiger partial charge < -0.3 is 5.32 Å². The SMILES string of the molecule is CSc1nc2ccc(NC(=O)Cc3ccc(F)cc3)cc2s1. The normalized spacial score (nSPS) is 10.8. The van der Waals surface area contributed by atoms with Crippen molar-refractivity contribution in [1.29, 1.82) is 0 Å². The Labute approximate surface area is 135 Å². The molecule has 22 heavy (non-hydrogen) atoms. The van der Waals surface area contributed by atoms with Crippen LogP contribution in [-0.2, 0) is 11.2 Å². The second kappa shape index (κ2) is 6.46. The highest BCUT2D eigenvalue weighted by molar-refractivity contribution is 8.00. The number of aromatic nitrogens is 1. The van der Waals surface area contributed by atoms with Crippen LogP contribution in [0.2, 0.25) is 0 Å². The summed E-state index contributed by atoms with van der Waals surface area (Å²) in [5.41, 5.74) is 2.46. The van der Waals surface area contributed by atoms with Gasteiger partial charge >= 0.3 is 0 Å². The number of nitrogens with one attached hydrogen (secondary N) is 1. The van der Waals surface area contributed by atoms with E-state index in [1.807, 2.05) is 24.5 Å². The second-order valence-electron chi connectivity index (χ2n) is 4.72. The number of thioether (sulfide) groups is 1. The Balaban J connectivity index is 1.71. The Kier molecular flexibility index (Phi) is 4.40. The van der Waals surface area contributed by atoms with Gasteiger partial charge in [-0.25, -0.2) is 9.37 Å². The molecule has 1 amide bonds. The van der Waals surface area contributed by atoms with E-state index in [0.29, 0.717) is 0 Å². The van der Waals surface area contributed by atoms with Gasteiger partial charge in [-0.1, -0.05) is 23.9 Å². The van der Waals surface area contributed by atoms with Gasteiger partial charge in [-0.3, -0.25) is 4.79 Å². The van der Waals surface area contributed by atoms with Crippen LogP contribution in [0.3, 0.4) is 0 Å². The predicted octanol–water partition coefficient (Wildman–Crippen LogP) is 4.34. The van der Waals surface area contributed by atoms with Gasteiger partial charge in [-0.15, -0.1) is 11.3 Å². The Hall–Kier alpha value is -1.92. The van der Waals surface area contributed by atoms with Crippen molar-refractivity contribution in [2.45, 2.75) is 10.8 Å². The first-order valence-electron chi connectivity index (χ1n) is 6.63. The fraction of sp³-hybridized carbons (Fsp3) is 0.125. The van der Waals surface area contributed by atoms with Crippen molar-refractivity contribution in [3.05, 3.63) is 53.8 Å². The standard InChI is InChI=1S/C16H13FN2OS2/c1-21-16-19-13-7-6-12(9-14(13)22-16)18-15(20)8-10-2-4-11(17)5-3-10/h2-7,9H,8H2,1H3,(H,18,20). The summed E-state index contributed by atoms with van der Waals surface area (Å²) in [7, 11) is 0. The zero-order chi connectivity index (χ0) is 15.5. The molecule has 3 rings (SSSR count). The lowest BCUT2D eigenvalue weighted by Gasteiger charge is -2.05. The molecular weight excluding hydrogens is 319 g/mol. The van der Waals surface area contributed by atoms with E-state index in [2.05, 4.69) is 10.3 Å². The molecule has 0 unspecified atom stereocenters. The van der Waals surface area contributed by atoms with Gasteiger partial charge in [0.15, 0.2) is 4.34 Å². The average Bonchev–Trinajstić information content (AvgIpc) is 2.92. The van der Waals surface area contributed by atoms with Crippen molar-refractivity contribution < 1.29 is 9.18 Å². The molecule has 1 heterocycles. The number of hydrogen-bond acceptors (Lipinski definition) is 4. The molecule has 0 aliphatic rings. The number of nitrogens with zero attached hydrogens (tertiary/aromatic N) is 1. The van der Waals surface area contributed by atoms with E-state index >= 15 is 0 Å². The Morgan fingerprint density at radius 1 is 1.27 bits per heavy atom. The Bertz CT molecular complexity index is 815. The van der Waals surface area contributed by atoms with Crippen LogP contribution in [-0.4, -0.2) is 17.1 Å². The Morgan fingerprint density at radius 2 is 2.05 bits per heavy atom. The van der Waals surface area contributed by atoms with E-state index < -0.39 is 0 Å². The van der Waals surface area contributed by atoms with Gasteiger partial charge in [0.25, 0.3) is 0 Å². The highest BCUT2D eigenvalue weighted by Crippen LogP contribution is 2.29. The molecule has 0 bridgehead atoms. The van der Waals surface area contributed by atoms with Gasteiger partial charge in [-0.2, -0.15) is 0 Å². The molecule has 3 nitrogen and oxygen atoms in total. The molecule has 3 aromatic rings. The number of rotatable bonds is 4. The zero-order valence-corrected chi connectivity index (χ0v) is 13.4.